The first-order valence-corrected chi connectivity index (χ1v) is 9.97. The summed E-state index contributed by atoms with van der Waals surface area (Å²) in [5, 5.41) is 11.9. The Morgan fingerprint density at radius 3 is 1.81 bits per heavy atom. The second-order valence-corrected chi connectivity index (χ2v) is 8.25. The van der Waals surface area contributed by atoms with Crippen molar-refractivity contribution in [2.45, 2.75) is 0 Å². The molecule has 0 saturated carbocycles. The molecule has 8 heteroatoms. The van der Waals surface area contributed by atoms with Crippen LogP contribution >= 0.6 is 45.9 Å². The second-order valence-electron chi connectivity index (χ2n) is 5.33. The number of hydrogen-bond donors (Lipinski definition) is 1. The molecule has 0 bridgehead atoms. The number of thiophene rings is 2. The van der Waals surface area contributed by atoms with Crippen molar-refractivity contribution in [3.8, 4) is 0 Å². The molecule has 0 aliphatic rings. The van der Waals surface area contributed by atoms with Gasteiger partial charge < -0.3 is 9.84 Å². The predicted molar refractivity (Wildman–Crippen MR) is 112 cm³/mol. The summed E-state index contributed by atoms with van der Waals surface area (Å²) in [4.78, 5) is 22.8. The first kappa shape index (κ1) is 19.6. The largest absolute Gasteiger partial charge is 0.477 e. The Kier molecular flexibility index (Phi) is 6.01. The average Bonchev–Trinajstić information content (AvgIpc) is 3.27. The monoisotopic (exact) mass is 438 g/mol. The van der Waals surface area contributed by atoms with E-state index in [9.17, 15) is 9.59 Å². The van der Waals surface area contributed by atoms with Crippen LogP contribution in [0.1, 0.15) is 19.3 Å². The van der Waals surface area contributed by atoms with Crippen molar-refractivity contribution in [1.29, 1.82) is 0 Å². The van der Waals surface area contributed by atoms with Gasteiger partial charge >= 0.3 is 11.9 Å². The van der Waals surface area contributed by atoms with E-state index in [-0.39, 0.29) is 5.97 Å². The number of carbonyl (C=O) groups is 2. The molecule has 2 heterocycles. The maximum atomic E-state index is 11.2. The number of carbonyl (C=O) groups excluding carboxylic acids is 1. The minimum absolute atomic E-state index is 0.317. The van der Waals surface area contributed by atoms with E-state index in [0.29, 0.717) is 19.8 Å². The Labute approximate surface area is 172 Å². The summed E-state index contributed by atoms with van der Waals surface area (Å²) in [6, 6.07) is 14.4. The number of halogens is 2. The number of benzene rings is 2. The highest BCUT2D eigenvalue weighted by Gasteiger charge is 2.11. The predicted octanol–water partition coefficient (Wildman–Crippen LogP) is 6.59. The number of esters is 1. The van der Waals surface area contributed by atoms with Crippen LogP contribution in [-0.4, -0.2) is 24.2 Å². The Morgan fingerprint density at radius 2 is 1.37 bits per heavy atom. The van der Waals surface area contributed by atoms with Gasteiger partial charge in [0.05, 0.1) is 26.6 Å². The first-order chi connectivity index (χ1) is 12.9. The fourth-order valence-electron chi connectivity index (χ4n) is 2.36. The molecule has 0 atom stereocenters. The van der Waals surface area contributed by atoms with Gasteiger partial charge in [0.2, 0.25) is 0 Å². The van der Waals surface area contributed by atoms with Crippen molar-refractivity contribution in [2.24, 2.45) is 0 Å². The van der Waals surface area contributed by atoms with Crippen LogP contribution in [0.5, 0.6) is 0 Å². The number of hydrogen-bond acceptors (Lipinski definition) is 5. The topological polar surface area (TPSA) is 63.6 Å². The van der Waals surface area contributed by atoms with Gasteiger partial charge in [0.25, 0.3) is 0 Å². The molecule has 0 aliphatic carbocycles. The quantitative estimate of drug-likeness (QED) is 0.358. The SMILES string of the molecule is COC(=O)c1cc2cccc(Cl)c2s1.O=C(O)c1cc2cccc(Cl)c2s1. The van der Waals surface area contributed by atoms with Crippen molar-refractivity contribution in [3.63, 3.8) is 0 Å². The molecule has 0 fully saturated rings. The summed E-state index contributed by atoms with van der Waals surface area (Å²) in [6.45, 7) is 0. The normalized spacial score (nSPS) is 10.5. The van der Waals surface area contributed by atoms with E-state index < -0.39 is 5.97 Å². The van der Waals surface area contributed by atoms with Gasteiger partial charge in [0.15, 0.2) is 0 Å². The fraction of sp³-hybridized carbons (Fsp3) is 0.0526. The zero-order chi connectivity index (χ0) is 19.6. The molecule has 0 amide bonds. The molecular formula is C19H12Cl2O4S2. The van der Waals surface area contributed by atoms with Gasteiger partial charge in [-0.25, -0.2) is 9.59 Å². The highest BCUT2D eigenvalue weighted by atomic mass is 35.5. The van der Waals surface area contributed by atoms with Gasteiger partial charge in [-0.15, -0.1) is 22.7 Å². The van der Waals surface area contributed by atoms with Gasteiger partial charge in [-0.05, 0) is 35.0 Å². The third-order valence-electron chi connectivity index (χ3n) is 3.59. The maximum absolute atomic E-state index is 11.2. The maximum Gasteiger partial charge on any atom is 0.348 e. The highest BCUT2D eigenvalue weighted by Crippen LogP contribution is 2.32. The molecule has 0 unspecified atom stereocenters. The third kappa shape index (κ3) is 4.25. The van der Waals surface area contributed by atoms with Crippen LogP contribution in [0.4, 0.5) is 0 Å². The lowest BCUT2D eigenvalue weighted by Gasteiger charge is -1.91. The van der Waals surface area contributed by atoms with Crippen LogP contribution in [0.25, 0.3) is 20.2 Å². The molecule has 0 saturated heterocycles. The summed E-state index contributed by atoms with van der Waals surface area (Å²) >= 11 is 14.4. The van der Waals surface area contributed by atoms with Gasteiger partial charge in [-0.2, -0.15) is 0 Å². The van der Waals surface area contributed by atoms with E-state index in [4.69, 9.17) is 28.3 Å². The zero-order valence-electron chi connectivity index (χ0n) is 13.9. The molecule has 1 N–H and O–H groups in total. The van der Waals surface area contributed by atoms with E-state index in [1.54, 1.807) is 24.3 Å². The van der Waals surface area contributed by atoms with Crippen LogP contribution in [0, 0.1) is 0 Å². The van der Waals surface area contributed by atoms with Gasteiger partial charge in [0, 0.05) is 0 Å². The summed E-state index contributed by atoms with van der Waals surface area (Å²) < 4.78 is 6.39. The lowest BCUT2D eigenvalue weighted by molar-refractivity contribution is 0.0605. The van der Waals surface area contributed by atoms with Gasteiger partial charge in [-0.1, -0.05) is 47.5 Å². The van der Waals surface area contributed by atoms with E-state index in [1.807, 2.05) is 24.3 Å². The standard InChI is InChI=1S/C10H7ClO2S.C9H5ClO2S/c1-13-10(12)8-5-6-3-2-4-7(11)9(6)14-8;10-6-3-1-2-5-4-7(9(11)12)13-8(5)6/h2-5H,1H3;1-4H,(H,11,12). The molecule has 4 nitrogen and oxygen atoms in total. The van der Waals surface area contributed by atoms with E-state index in [1.165, 1.54) is 29.8 Å². The Hall–Kier alpha value is -2.12. The van der Waals surface area contributed by atoms with Gasteiger partial charge in [-0.3, -0.25) is 0 Å². The summed E-state index contributed by atoms with van der Waals surface area (Å²) in [7, 11) is 1.37. The molecule has 0 spiro atoms. The lowest BCUT2D eigenvalue weighted by Crippen LogP contribution is -1.96. The van der Waals surface area contributed by atoms with Crippen LogP contribution in [0.3, 0.4) is 0 Å². The molecule has 2 aromatic carbocycles. The number of aromatic carboxylic acids is 1. The first-order valence-electron chi connectivity index (χ1n) is 7.58. The number of ether oxygens (including phenoxy) is 1. The van der Waals surface area contributed by atoms with Crippen molar-refractivity contribution in [2.75, 3.05) is 7.11 Å². The summed E-state index contributed by atoms with van der Waals surface area (Å²) in [6.07, 6.45) is 0. The Bertz CT molecular complexity index is 1150. The number of carboxylic acids is 1. The average molecular weight is 439 g/mol. The molecule has 0 aliphatic heterocycles. The molecular weight excluding hydrogens is 427 g/mol. The van der Waals surface area contributed by atoms with E-state index >= 15 is 0 Å². The van der Waals surface area contributed by atoms with Crippen molar-refractivity contribution in [1.82, 2.24) is 0 Å². The van der Waals surface area contributed by atoms with Gasteiger partial charge in [0.1, 0.15) is 9.75 Å². The van der Waals surface area contributed by atoms with Crippen LogP contribution in [0.15, 0.2) is 48.5 Å². The number of carboxylic acid groups (broad SMARTS) is 1. The Morgan fingerprint density at radius 1 is 0.889 bits per heavy atom. The van der Waals surface area contributed by atoms with Crippen molar-refractivity contribution < 1.29 is 19.4 Å². The van der Waals surface area contributed by atoms with E-state index in [0.717, 1.165) is 20.2 Å². The number of methoxy groups -OCH3 is 1. The number of rotatable bonds is 2. The minimum Gasteiger partial charge on any atom is -0.477 e. The summed E-state index contributed by atoms with van der Waals surface area (Å²) in [5.74, 6) is -1.22. The second kappa shape index (κ2) is 8.27. The molecule has 4 aromatic rings. The molecule has 2 aromatic heterocycles. The molecule has 0 radical (unpaired) electrons. The van der Waals surface area contributed by atoms with Crippen LogP contribution in [-0.2, 0) is 4.74 Å². The highest BCUT2D eigenvalue weighted by molar-refractivity contribution is 7.21. The smallest absolute Gasteiger partial charge is 0.348 e. The van der Waals surface area contributed by atoms with E-state index in [2.05, 4.69) is 4.74 Å². The molecule has 138 valence electrons. The Balaban J connectivity index is 0.000000156. The summed E-state index contributed by atoms with van der Waals surface area (Å²) in [5.41, 5.74) is 0. The fourth-order valence-corrected chi connectivity index (χ4v) is 4.84. The molecule has 4 rings (SSSR count). The number of fused-ring (bicyclic) bond motifs is 2. The van der Waals surface area contributed by atoms with Crippen LogP contribution < -0.4 is 0 Å². The third-order valence-corrected chi connectivity index (χ3v) is 6.78. The lowest BCUT2D eigenvalue weighted by atomic mass is 10.2. The molecule has 27 heavy (non-hydrogen) atoms. The van der Waals surface area contributed by atoms with Crippen molar-refractivity contribution >= 4 is 78.0 Å². The zero-order valence-corrected chi connectivity index (χ0v) is 17.0. The van der Waals surface area contributed by atoms with Crippen LogP contribution in [0.2, 0.25) is 10.0 Å². The van der Waals surface area contributed by atoms with Crippen molar-refractivity contribution in [3.05, 3.63) is 68.3 Å². The minimum atomic E-state index is -0.905.